The fourth-order valence-corrected chi connectivity index (χ4v) is 1.75. The second-order valence-corrected chi connectivity index (χ2v) is 4.58. The highest BCUT2D eigenvalue weighted by molar-refractivity contribution is 5.85. The summed E-state index contributed by atoms with van der Waals surface area (Å²) >= 11 is 0. The molecule has 1 unspecified atom stereocenters. The first kappa shape index (κ1) is 9.00. The fourth-order valence-electron chi connectivity index (χ4n) is 1.75. The third-order valence-electron chi connectivity index (χ3n) is 3.41. The largest absolute Gasteiger partial charge is 0.353 e. The van der Waals surface area contributed by atoms with E-state index in [0.29, 0.717) is 12.6 Å². The number of carbonyl (C=O) groups is 1. The Morgan fingerprint density at radius 1 is 1.62 bits per heavy atom. The maximum atomic E-state index is 11.7. The number of rotatable bonds is 4. The molecule has 0 spiro atoms. The van der Waals surface area contributed by atoms with Gasteiger partial charge < -0.3 is 11.1 Å². The van der Waals surface area contributed by atoms with Crippen molar-refractivity contribution in [3.63, 3.8) is 0 Å². The lowest BCUT2D eigenvalue weighted by Gasteiger charge is -2.17. The molecule has 2 saturated carbocycles. The van der Waals surface area contributed by atoms with Crippen molar-refractivity contribution in [3.8, 4) is 0 Å². The van der Waals surface area contributed by atoms with E-state index in [1.165, 1.54) is 12.8 Å². The first-order chi connectivity index (χ1) is 6.18. The summed E-state index contributed by atoms with van der Waals surface area (Å²) in [5.41, 5.74) is 5.40. The minimum Gasteiger partial charge on any atom is -0.353 e. The van der Waals surface area contributed by atoms with Gasteiger partial charge >= 0.3 is 0 Å². The van der Waals surface area contributed by atoms with Gasteiger partial charge in [-0.2, -0.15) is 0 Å². The first-order valence-electron chi connectivity index (χ1n) is 5.19. The van der Waals surface area contributed by atoms with Gasteiger partial charge in [-0.15, -0.1) is 0 Å². The van der Waals surface area contributed by atoms with Crippen molar-refractivity contribution in [2.75, 3.05) is 6.54 Å². The summed E-state index contributed by atoms with van der Waals surface area (Å²) in [7, 11) is 0. The lowest BCUT2D eigenvalue weighted by molar-refractivity contribution is -0.126. The van der Waals surface area contributed by atoms with Crippen molar-refractivity contribution in [1.82, 2.24) is 5.32 Å². The Hall–Kier alpha value is -0.570. The molecule has 3 nitrogen and oxygen atoms in total. The summed E-state index contributed by atoms with van der Waals surface area (Å²) in [6.07, 6.45) is 4.51. The van der Waals surface area contributed by atoms with Crippen LogP contribution in [0.3, 0.4) is 0 Å². The van der Waals surface area contributed by atoms with Crippen LogP contribution in [-0.4, -0.2) is 18.5 Å². The normalized spacial score (nSPS) is 26.6. The molecular weight excluding hydrogens is 164 g/mol. The van der Waals surface area contributed by atoms with Crippen LogP contribution in [0.5, 0.6) is 0 Å². The smallest absolute Gasteiger partial charge is 0.227 e. The molecule has 13 heavy (non-hydrogen) atoms. The average molecular weight is 182 g/mol. The van der Waals surface area contributed by atoms with Gasteiger partial charge in [-0.1, -0.05) is 0 Å². The van der Waals surface area contributed by atoms with E-state index in [9.17, 15) is 4.79 Å². The molecule has 0 saturated heterocycles. The van der Waals surface area contributed by atoms with Gasteiger partial charge in [0.1, 0.15) is 0 Å². The lowest BCUT2D eigenvalue weighted by atomic mass is 10.1. The second-order valence-electron chi connectivity index (χ2n) is 4.58. The van der Waals surface area contributed by atoms with Gasteiger partial charge in [0.2, 0.25) is 5.91 Å². The maximum Gasteiger partial charge on any atom is 0.227 e. The van der Waals surface area contributed by atoms with E-state index in [1.54, 1.807) is 0 Å². The van der Waals surface area contributed by atoms with Gasteiger partial charge in [0.25, 0.3) is 0 Å². The maximum absolute atomic E-state index is 11.7. The third-order valence-corrected chi connectivity index (χ3v) is 3.41. The molecule has 2 fully saturated rings. The Bertz CT molecular complexity index is 219. The van der Waals surface area contributed by atoms with Crippen LogP contribution < -0.4 is 11.1 Å². The number of nitrogens with one attached hydrogen (secondary N) is 1. The van der Waals surface area contributed by atoms with E-state index in [2.05, 4.69) is 12.2 Å². The van der Waals surface area contributed by atoms with Crippen LogP contribution in [0.15, 0.2) is 0 Å². The monoisotopic (exact) mass is 182 g/mol. The SMILES string of the molecule is CC(NC(=O)C1(CN)CC1)C1CC1. The summed E-state index contributed by atoms with van der Waals surface area (Å²) in [6.45, 7) is 2.61. The summed E-state index contributed by atoms with van der Waals surface area (Å²) in [6, 6.07) is 0.358. The molecule has 1 amide bonds. The van der Waals surface area contributed by atoms with E-state index < -0.39 is 0 Å². The summed E-state index contributed by atoms with van der Waals surface area (Å²) in [5.74, 6) is 0.923. The zero-order chi connectivity index (χ0) is 9.47. The Morgan fingerprint density at radius 2 is 2.23 bits per heavy atom. The summed E-state index contributed by atoms with van der Waals surface area (Å²) < 4.78 is 0. The molecule has 0 heterocycles. The van der Waals surface area contributed by atoms with E-state index in [-0.39, 0.29) is 11.3 Å². The number of carbonyl (C=O) groups excluding carboxylic acids is 1. The standard InChI is InChI=1S/C10H18N2O/c1-7(8-2-3-8)12-9(13)10(6-11)4-5-10/h7-8H,2-6,11H2,1H3,(H,12,13). The van der Waals surface area contributed by atoms with Gasteiger partial charge in [0.15, 0.2) is 0 Å². The molecule has 2 rings (SSSR count). The molecule has 2 aliphatic rings. The minimum atomic E-state index is -0.177. The molecule has 0 aromatic carbocycles. The van der Waals surface area contributed by atoms with Crippen molar-refractivity contribution in [1.29, 1.82) is 0 Å². The Morgan fingerprint density at radius 3 is 2.62 bits per heavy atom. The highest BCUT2D eigenvalue weighted by Gasteiger charge is 2.49. The van der Waals surface area contributed by atoms with Gasteiger partial charge in [-0.3, -0.25) is 4.79 Å². The molecule has 0 bridgehead atoms. The van der Waals surface area contributed by atoms with E-state index in [0.717, 1.165) is 18.8 Å². The van der Waals surface area contributed by atoms with Gasteiger partial charge in [-0.25, -0.2) is 0 Å². The lowest BCUT2D eigenvalue weighted by Crippen LogP contribution is -2.42. The topological polar surface area (TPSA) is 55.1 Å². The predicted molar refractivity (Wildman–Crippen MR) is 51.1 cm³/mol. The molecule has 0 aliphatic heterocycles. The number of hydrogen-bond acceptors (Lipinski definition) is 2. The van der Waals surface area contributed by atoms with Crippen LogP contribution in [0.2, 0.25) is 0 Å². The molecule has 0 aromatic heterocycles. The van der Waals surface area contributed by atoms with Crippen LogP contribution in [0.1, 0.15) is 32.6 Å². The van der Waals surface area contributed by atoms with Crippen molar-refractivity contribution >= 4 is 5.91 Å². The number of nitrogens with two attached hydrogens (primary N) is 1. The van der Waals surface area contributed by atoms with E-state index in [4.69, 9.17) is 5.73 Å². The molecule has 3 N–H and O–H groups in total. The van der Waals surface area contributed by atoms with Crippen LogP contribution in [0, 0.1) is 11.3 Å². The van der Waals surface area contributed by atoms with Crippen molar-refractivity contribution in [2.24, 2.45) is 17.1 Å². The molecule has 74 valence electrons. The highest BCUT2D eigenvalue weighted by Crippen LogP contribution is 2.45. The number of hydrogen-bond donors (Lipinski definition) is 2. The zero-order valence-corrected chi connectivity index (χ0v) is 8.18. The number of amides is 1. The first-order valence-corrected chi connectivity index (χ1v) is 5.19. The van der Waals surface area contributed by atoms with Crippen LogP contribution in [0.4, 0.5) is 0 Å². The average Bonchev–Trinajstić information content (AvgIpc) is 2.99. The second kappa shape index (κ2) is 2.98. The highest BCUT2D eigenvalue weighted by atomic mass is 16.2. The quantitative estimate of drug-likeness (QED) is 0.670. The van der Waals surface area contributed by atoms with E-state index in [1.807, 2.05) is 0 Å². The minimum absolute atomic E-state index is 0.177. The Labute approximate surface area is 79.1 Å². The van der Waals surface area contributed by atoms with Crippen LogP contribution >= 0.6 is 0 Å². The molecule has 2 aliphatic carbocycles. The Balaban J connectivity index is 1.83. The Kier molecular flexibility index (Phi) is 2.06. The van der Waals surface area contributed by atoms with Gasteiger partial charge in [0.05, 0.1) is 5.41 Å². The third kappa shape index (κ3) is 1.70. The van der Waals surface area contributed by atoms with Crippen molar-refractivity contribution in [3.05, 3.63) is 0 Å². The van der Waals surface area contributed by atoms with Crippen LogP contribution in [0.25, 0.3) is 0 Å². The molecular formula is C10H18N2O. The molecule has 1 atom stereocenters. The van der Waals surface area contributed by atoms with Crippen molar-refractivity contribution in [2.45, 2.75) is 38.6 Å². The molecule has 3 heteroatoms. The van der Waals surface area contributed by atoms with Gasteiger partial charge in [-0.05, 0) is 38.5 Å². The zero-order valence-electron chi connectivity index (χ0n) is 8.18. The molecule has 0 aromatic rings. The van der Waals surface area contributed by atoms with E-state index >= 15 is 0 Å². The summed E-state index contributed by atoms with van der Waals surface area (Å²) in [5, 5.41) is 3.08. The summed E-state index contributed by atoms with van der Waals surface area (Å²) in [4.78, 5) is 11.7. The van der Waals surface area contributed by atoms with Gasteiger partial charge in [0, 0.05) is 12.6 Å². The fraction of sp³-hybridized carbons (Fsp3) is 0.900. The van der Waals surface area contributed by atoms with Crippen molar-refractivity contribution < 1.29 is 4.79 Å². The van der Waals surface area contributed by atoms with Crippen LogP contribution in [-0.2, 0) is 4.79 Å². The molecule has 0 radical (unpaired) electrons. The predicted octanol–water partition coefficient (Wildman–Crippen LogP) is 0.640.